The number of carbonyl (C=O) groups excluding carboxylic acids is 1. The van der Waals surface area contributed by atoms with Gasteiger partial charge in [-0.1, -0.05) is 18.6 Å². The highest BCUT2D eigenvalue weighted by molar-refractivity contribution is 8.33. The number of likely N-dealkylation sites (tertiary alicyclic amines) is 1. The molecule has 3 rings (SSSR count). The van der Waals surface area contributed by atoms with Crippen LogP contribution in [0.2, 0.25) is 0 Å². The van der Waals surface area contributed by atoms with E-state index in [1.54, 1.807) is 0 Å². The van der Waals surface area contributed by atoms with Crippen LogP contribution in [0.4, 0.5) is 0 Å². The fourth-order valence-corrected chi connectivity index (χ4v) is 4.14. The van der Waals surface area contributed by atoms with Gasteiger partial charge in [-0.25, -0.2) is 0 Å². The number of hydrogen-bond donors (Lipinski definition) is 0. The van der Waals surface area contributed by atoms with Crippen molar-refractivity contribution in [1.82, 2.24) is 14.9 Å². The van der Waals surface area contributed by atoms with E-state index in [4.69, 9.17) is 12.2 Å². The van der Waals surface area contributed by atoms with Gasteiger partial charge in [0.1, 0.15) is 0 Å². The largest absolute Gasteiger partial charge is 0.282 e. The predicted octanol–water partition coefficient (Wildman–Crippen LogP) is 2.05. The number of carbonyl (C=O) groups is 1. The number of thiocarbonyl (C=S) groups is 1. The summed E-state index contributed by atoms with van der Waals surface area (Å²) in [7, 11) is 0. The van der Waals surface area contributed by atoms with Crippen LogP contribution >= 0.6 is 24.0 Å². The molecular weight excluding hydrogens is 292 g/mol. The molecule has 1 atom stereocenters. The number of hydrazine groups is 1. The van der Waals surface area contributed by atoms with E-state index < -0.39 is 0 Å². The zero-order valence-corrected chi connectivity index (χ0v) is 13.4. The van der Waals surface area contributed by atoms with E-state index in [1.807, 2.05) is 0 Å². The summed E-state index contributed by atoms with van der Waals surface area (Å²) in [6.07, 6.45) is 5.23. The van der Waals surface area contributed by atoms with Gasteiger partial charge in [0.2, 0.25) is 5.91 Å². The molecule has 0 aromatic heterocycles. The van der Waals surface area contributed by atoms with Crippen molar-refractivity contribution < 1.29 is 4.79 Å². The normalized spacial score (nSPS) is 28.4. The topological polar surface area (TPSA) is 39.1 Å². The number of thioether (sulfide) groups is 1. The fraction of sp³-hybridized carbons (Fsp3) is 0.769. The van der Waals surface area contributed by atoms with Crippen molar-refractivity contribution in [3.63, 3.8) is 0 Å². The van der Waals surface area contributed by atoms with Crippen molar-refractivity contribution >= 4 is 39.4 Å². The van der Waals surface area contributed by atoms with Crippen LogP contribution in [0.3, 0.4) is 0 Å². The molecule has 0 aromatic rings. The van der Waals surface area contributed by atoms with Crippen molar-refractivity contribution in [3.8, 4) is 0 Å². The number of amidine groups is 1. The number of rotatable bonds is 2. The minimum absolute atomic E-state index is 0.0222. The van der Waals surface area contributed by atoms with Crippen molar-refractivity contribution in [2.24, 2.45) is 4.99 Å². The summed E-state index contributed by atoms with van der Waals surface area (Å²) in [4.78, 5) is 18.2. The summed E-state index contributed by atoms with van der Waals surface area (Å²) in [6, 6.07) is 0.603. The molecule has 3 aliphatic rings. The average molecular weight is 312 g/mol. The maximum Gasteiger partial charge on any atom is 0.248 e. The second kappa shape index (κ2) is 5.99. The Bertz CT molecular complexity index is 454. The monoisotopic (exact) mass is 312 g/mol. The molecule has 0 radical (unpaired) electrons. The first-order valence-corrected chi connectivity index (χ1v) is 8.50. The number of nitrogens with zero attached hydrogens (tertiary/aromatic N) is 4. The fourth-order valence-electron chi connectivity index (χ4n) is 2.90. The maximum absolute atomic E-state index is 11.6. The van der Waals surface area contributed by atoms with E-state index in [-0.39, 0.29) is 5.91 Å². The Balaban J connectivity index is 1.74. The Hall–Kier alpha value is -0.660. The average Bonchev–Trinajstić information content (AvgIpc) is 2.58. The number of amides is 1. The second-order valence-corrected chi connectivity index (χ2v) is 7.18. The molecule has 0 bridgehead atoms. The lowest BCUT2D eigenvalue weighted by Gasteiger charge is -2.39. The smallest absolute Gasteiger partial charge is 0.248 e. The molecule has 20 heavy (non-hydrogen) atoms. The van der Waals surface area contributed by atoms with E-state index >= 15 is 0 Å². The summed E-state index contributed by atoms with van der Waals surface area (Å²) in [5.74, 6) is -0.0222. The molecule has 1 amide bonds. The molecule has 3 aliphatic heterocycles. The van der Waals surface area contributed by atoms with Crippen molar-refractivity contribution in [3.05, 3.63) is 0 Å². The van der Waals surface area contributed by atoms with Crippen LogP contribution in [0.25, 0.3) is 0 Å². The van der Waals surface area contributed by atoms with Gasteiger partial charge in [0.15, 0.2) is 9.49 Å². The van der Waals surface area contributed by atoms with Crippen LogP contribution in [0.5, 0.6) is 0 Å². The van der Waals surface area contributed by atoms with Crippen LogP contribution in [-0.2, 0) is 4.79 Å². The highest BCUT2D eigenvalue weighted by Crippen LogP contribution is 2.30. The zero-order chi connectivity index (χ0) is 14.1. The van der Waals surface area contributed by atoms with E-state index in [1.165, 1.54) is 31.0 Å². The van der Waals surface area contributed by atoms with Gasteiger partial charge < -0.3 is 0 Å². The quantitative estimate of drug-likeness (QED) is 0.727. The summed E-state index contributed by atoms with van der Waals surface area (Å²) in [5, 5.41) is 4.99. The van der Waals surface area contributed by atoms with E-state index in [0.29, 0.717) is 12.5 Å². The summed E-state index contributed by atoms with van der Waals surface area (Å²) < 4.78 is 0.816. The molecular formula is C13H20N4OS2. The first kappa shape index (κ1) is 14.3. The van der Waals surface area contributed by atoms with Gasteiger partial charge in [0, 0.05) is 25.6 Å². The number of piperidine rings is 1. The predicted molar refractivity (Wildman–Crippen MR) is 85.3 cm³/mol. The summed E-state index contributed by atoms with van der Waals surface area (Å²) in [5.41, 5.74) is 0. The number of aliphatic imine (C=N–C) groups is 1. The third-order valence-electron chi connectivity index (χ3n) is 4.14. The SMILES string of the molecule is C[C@@H]1CCCCN1CN1C(=S)SC2=NC(=O)CCCN21. The van der Waals surface area contributed by atoms with E-state index in [9.17, 15) is 4.79 Å². The molecule has 3 heterocycles. The standard InChI is InChI=1S/C13H20N4OS2/c1-10-5-2-3-7-15(10)9-17-13(19)20-12-14-11(18)6-4-8-16(12)17/h10H,2-9H2,1H3/t10-/m1/s1. The Kier molecular flexibility index (Phi) is 4.28. The van der Waals surface area contributed by atoms with Gasteiger partial charge in [-0.3, -0.25) is 19.7 Å². The summed E-state index contributed by atoms with van der Waals surface area (Å²) >= 11 is 6.92. The number of fused-ring (bicyclic) bond motifs is 1. The van der Waals surface area contributed by atoms with Gasteiger partial charge in [-0.15, -0.1) is 0 Å². The first-order chi connectivity index (χ1) is 9.65. The molecule has 2 saturated heterocycles. The van der Waals surface area contributed by atoms with Crippen LogP contribution in [0.1, 0.15) is 39.0 Å². The molecule has 0 N–H and O–H groups in total. The molecule has 0 spiro atoms. The third kappa shape index (κ3) is 2.84. The van der Waals surface area contributed by atoms with Gasteiger partial charge in [-0.2, -0.15) is 4.99 Å². The van der Waals surface area contributed by atoms with Crippen molar-refractivity contribution in [2.45, 2.75) is 45.1 Å². The third-order valence-corrected chi connectivity index (χ3v) is 5.47. The first-order valence-electron chi connectivity index (χ1n) is 7.27. The van der Waals surface area contributed by atoms with Crippen LogP contribution in [0, 0.1) is 0 Å². The highest BCUT2D eigenvalue weighted by Gasteiger charge is 2.36. The number of hydrogen-bond acceptors (Lipinski definition) is 5. The van der Waals surface area contributed by atoms with Crippen LogP contribution < -0.4 is 0 Å². The summed E-state index contributed by atoms with van der Waals surface area (Å²) in [6.45, 7) is 5.07. The molecule has 0 aliphatic carbocycles. The minimum atomic E-state index is -0.0222. The lowest BCUT2D eigenvalue weighted by atomic mass is 10.0. The highest BCUT2D eigenvalue weighted by atomic mass is 32.2. The maximum atomic E-state index is 11.6. The molecule has 0 saturated carbocycles. The molecule has 2 fully saturated rings. The lowest BCUT2D eigenvalue weighted by molar-refractivity contribution is -0.117. The van der Waals surface area contributed by atoms with Crippen molar-refractivity contribution in [2.75, 3.05) is 19.8 Å². The van der Waals surface area contributed by atoms with Gasteiger partial charge in [0.25, 0.3) is 0 Å². The van der Waals surface area contributed by atoms with Crippen LogP contribution in [0.15, 0.2) is 4.99 Å². The molecule has 7 heteroatoms. The van der Waals surface area contributed by atoms with Gasteiger partial charge in [-0.05, 0) is 37.9 Å². The Morgan fingerprint density at radius 1 is 1.35 bits per heavy atom. The van der Waals surface area contributed by atoms with Crippen LogP contribution in [-0.4, -0.2) is 56.1 Å². The molecule has 110 valence electrons. The minimum Gasteiger partial charge on any atom is -0.282 e. The Morgan fingerprint density at radius 2 is 2.20 bits per heavy atom. The van der Waals surface area contributed by atoms with E-state index in [0.717, 1.165) is 35.7 Å². The Morgan fingerprint density at radius 3 is 3.00 bits per heavy atom. The molecule has 0 aromatic carbocycles. The van der Waals surface area contributed by atoms with Gasteiger partial charge in [0.05, 0.1) is 6.67 Å². The van der Waals surface area contributed by atoms with Gasteiger partial charge >= 0.3 is 0 Å². The molecule has 0 unspecified atom stereocenters. The Labute approximate surface area is 129 Å². The zero-order valence-electron chi connectivity index (χ0n) is 11.7. The van der Waals surface area contributed by atoms with E-state index in [2.05, 4.69) is 26.8 Å². The second-order valence-electron chi connectivity index (χ2n) is 5.58. The lowest BCUT2D eigenvalue weighted by Crippen LogP contribution is -2.50. The molecule has 5 nitrogen and oxygen atoms in total. The van der Waals surface area contributed by atoms with Crippen molar-refractivity contribution in [1.29, 1.82) is 0 Å².